The lowest BCUT2D eigenvalue weighted by atomic mass is 10.2. The van der Waals surface area contributed by atoms with Gasteiger partial charge in [0.2, 0.25) is 0 Å². The Bertz CT molecular complexity index is 383. The van der Waals surface area contributed by atoms with Gasteiger partial charge in [0, 0.05) is 7.11 Å². The molecule has 0 aliphatic heterocycles. The van der Waals surface area contributed by atoms with Crippen LogP contribution < -0.4 is 0 Å². The van der Waals surface area contributed by atoms with Crippen LogP contribution in [0.15, 0.2) is 0 Å². The molecule has 6 heteroatoms. The first kappa shape index (κ1) is 17.9. The maximum Gasteiger partial charge on any atom is 0.0758 e. The van der Waals surface area contributed by atoms with Gasteiger partial charge in [-0.1, -0.05) is 13.8 Å². The minimum absolute atomic E-state index is 0.612. The summed E-state index contributed by atoms with van der Waals surface area (Å²) < 4.78 is 19.2. The van der Waals surface area contributed by atoms with Gasteiger partial charge in [-0.15, -0.1) is 0 Å². The molecule has 0 atom stereocenters. The molecular weight excluding hydrogens is 371 g/mol. The van der Waals surface area contributed by atoms with Crippen LogP contribution in [0.2, 0.25) is 0 Å². The highest BCUT2D eigenvalue weighted by Gasteiger charge is 2.12. The first-order valence-corrected chi connectivity index (χ1v) is 8.20. The standard InChI is InChI=1S/C14H25IN2O3/c1-4-12-14(15)13(5-2)17(16-12)6-7-19-10-11-20-9-8-18-3/h4-11H2,1-3H3. The molecule has 0 aromatic carbocycles. The van der Waals surface area contributed by atoms with E-state index in [4.69, 9.17) is 14.2 Å². The van der Waals surface area contributed by atoms with Crippen molar-refractivity contribution in [3.63, 3.8) is 0 Å². The lowest BCUT2D eigenvalue weighted by Gasteiger charge is -2.08. The Morgan fingerprint density at radius 3 is 2.25 bits per heavy atom. The number of rotatable bonds is 11. The maximum absolute atomic E-state index is 5.57. The summed E-state index contributed by atoms with van der Waals surface area (Å²) in [5, 5.41) is 4.64. The van der Waals surface area contributed by atoms with Crippen molar-refractivity contribution in [3.8, 4) is 0 Å². The third-order valence-corrected chi connectivity index (χ3v) is 4.23. The molecule has 0 spiro atoms. The zero-order chi connectivity index (χ0) is 14.8. The average molecular weight is 396 g/mol. The number of aromatic nitrogens is 2. The number of hydrogen-bond acceptors (Lipinski definition) is 4. The van der Waals surface area contributed by atoms with E-state index in [9.17, 15) is 0 Å². The van der Waals surface area contributed by atoms with E-state index >= 15 is 0 Å². The topological polar surface area (TPSA) is 45.5 Å². The Morgan fingerprint density at radius 2 is 1.65 bits per heavy atom. The fourth-order valence-corrected chi connectivity index (χ4v) is 3.04. The minimum atomic E-state index is 0.612. The highest BCUT2D eigenvalue weighted by Crippen LogP contribution is 2.18. The third-order valence-electron chi connectivity index (χ3n) is 2.98. The van der Waals surface area contributed by atoms with E-state index in [0.717, 1.165) is 19.4 Å². The van der Waals surface area contributed by atoms with Crippen LogP contribution in [0.25, 0.3) is 0 Å². The van der Waals surface area contributed by atoms with Crippen molar-refractivity contribution in [1.82, 2.24) is 9.78 Å². The average Bonchev–Trinajstić information content (AvgIpc) is 2.77. The van der Waals surface area contributed by atoms with Crippen LogP contribution in [0.4, 0.5) is 0 Å². The summed E-state index contributed by atoms with van der Waals surface area (Å²) in [6.45, 7) is 8.26. The molecular formula is C14H25IN2O3. The van der Waals surface area contributed by atoms with Gasteiger partial charge in [0.25, 0.3) is 0 Å². The van der Waals surface area contributed by atoms with E-state index < -0.39 is 0 Å². The Morgan fingerprint density at radius 1 is 1.00 bits per heavy atom. The van der Waals surface area contributed by atoms with Crippen LogP contribution in [0.1, 0.15) is 25.2 Å². The first-order chi connectivity index (χ1) is 9.74. The van der Waals surface area contributed by atoms with Crippen LogP contribution in [0.5, 0.6) is 0 Å². The van der Waals surface area contributed by atoms with Crippen LogP contribution in [0, 0.1) is 3.57 Å². The molecule has 0 fully saturated rings. The normalized spacial score (nSPS) is 11.2. The van der Waals surface area contributed by atoms with Crippen molar-refractivity contribution in [3.05, 3.63) is 15.0 Å². The summed E-state index contributed by atoms with van der Waals surface area (Å²) in [7, 11) is 1.67. The summed E-state index contributed by atoms with van der Waals surface area (Å²) in [6, 6.07) is 0. The second-order valence-corrected chi connectivity index (χ2v) is 5.43. The van der Waals surface area contributed by atoms with E-state index in [0.29, 0.717) is 33.0 Å². The molecule has 1 aromatic heterocycles. The molecule has 0 bridgehead atoms. The highest BCUT2D eigenvalue weighted by molar-refractivity contribution is 14.1. The molecule has 20 heavy (non-hydrogen) atoms. The molecule has 0 unspecified atom stereocenters. The molecule has 5 nitrogen and oxygen atoms in total. The molecule has 0 saturated carbocycles. The SMILES string of the molecule is CCc1nn(CCOCCOCCOC)c(CC)c1I. The Labute approximate surface area is 135 Å². The molecule has 1 aromatic rings. The van der Waals surface area contributed by atoms with E-state index in [-0.39, 0.29) is 0 Å². The van der Waals surface area contributed by atoms with Gasteiger partial charge in [0.15, 0.2) is 0 Å². The number of methoxy groups -OCH3 is 1. The molecule has 1 rings (SSSR count). The van der Waals surface area contributed by atoms with Crippen molar-refractivity contribution < 1.29 is 14.2 Å². The van der Waals surface area contributed by atoms with Gasteiger partial charge in [0.05, 0.1) is 54.5 Å². The predicted molar refractivity (Wildman–Crippen MR) is 87.2 cm³/mol. The second kappa shape index (κ2) is 10.5. The van der Waals surface area contributed by atoms with Crippen LogP contribution in [0.3, 0.4) is 0 Å². The fourth-order valence-electron chi connectivity index (χ4n) is 1.89. The van der Waals surface area contributed by atoms with E-state index in [2.05, 4.69) is 46.2 Å². The molecule has 0 amide bonds. The molecule has 0 radical (unpaired) electrons. The molecule has 0 saturated heterocycles. The van der Waals surface area contributed by atoms with E-state index in [1.807, 2.05) is 0 Å². The first-order valence-electron chi connectivity index (χ1n) is 7.13. The van der Waals surface area contributed by atoms with E-state index in [1.54, 1.807) is 7.11 Å². The van der Waals surface area contributed by atoms with E-state index in [1.165, 1.54) is 15.0 Å². The van der Waals surface area contributed by atoms with Crippen molar-refractivity contribution in [2.45, 2.75) is 33.2 Å². The number of nitrogens with zero attached hydrogens (tertiary/aromatic N) is 2. The Hall–Kier alpha value is -0.180. The summed E-state index contributed by atoms with van der Waals surface area (Å²) in [4.78, 5) is 0. The monoisotopic (exact) mass is 396 g/mol. The van der Waals surface area contributed by atoms with Gasteiger partial charge in [-0.25, -0.2) is 0 Å². The minimum Gasteiger partial charge on any atom is -0.382 e. The summed E-state index contributed by atoms with van der Waals surface area (Å²) in [6.07, 6.45) is 1.98. The summed E-state index contributed by atoms with van der Waals surface area (Å²) in [5.41, 5.74) is 2.49. The molecule has 0 aliphatic rings. The smallest absolute Gasteiger partial charge is 0.0758 e. The molecule has 116 valence electrons. The fraction of sp³-hybridized carbons (Fsp3) is 0.786. The van der Waals surface area contributed by atoms with Gasteiger partial charge in [-0.2, -0.15) is 5.10 Å². The van der Waals surface area contributed by atoms with Crippen molar-refractivity contribution >= 4 is 22.6 Å². The van der Waals surface area contributed by atoms with Crippen LogP contribution >= 0.6 is 22.6 Å². The van der Waals surface area contributed by atoms with Crippen LogP contribution in [-0.4, -0.2) is 49.9 Å². The van der Waals surface area contributed by atoms with Crippen molar-refractivity contribution in [2.75, 3.05) is 40.1 Å². The van der Waals surface area contributed by atoms with Gasteiger partial charge < -0.3 is 14.2 Å². The van der Waals surface area contributed by atoms with Gasteiger partial charge in [-0.3, -0.25) is 4.68 Å². The van der Waals surface area contributed by atoms with Gasteiger partial charge in [-0.05, 0) is 35.4 Å². The van der Waals surface area contributed by atoms with Crippen LogP contribution in [-0.2, 0) is 33.6 Å². The highest BCUT2D eigenvalue weighted by atomic mass is 127. The summed E-state index contributed by atoms with van der Waals surface area (Å²) >= 11 is 2.39. The number of hydrogen-bond donors (Lipinski definition) is 0. The number of halogens is 1. The lowest BCUT2D eigenvalue weighted by molar-refractivity contribution is 0.0224. The quantitative estimate of drug-likeness (QED) is 0.426. The summed E-state index contributed by atoms with van der Waals surface area (Å²) in [5.74, 6) is 0. The Kier molecular flexibility index (Phi) is 9.41. The lowest BCUT2D eigenvalue weighted by Crippen LogP contribution is -2.14. The molecule has 0 N–H and O–H groups in total. The maximum atomic E-state index is 5.57. The zero-order valence-corrected chi connectivity index (χ0v) is 14.8. The second-order valence-electron chi connectivity index (χ2n) is 4.36. The molecule has 1 heterocycles. The number of ether oxygens (including phenoxy) is 3. The molecule has 0 aliphatic carbocycles. The Balaban J connectivity index is 2.25. The largest absolute Gasteiger partial charge is 0.382 e. The zero-order valence-electron chi connectivity index (χ0n) is 12.7. The van der Waals surface area contributed by atoms with Gasteiger partial charge in [0.1, 0.15) is 0 Å². The third kappa shape index (κ3) is 5.67. The number of aryl methyl sites for hydroxylation is 1. The van der Waals surface area contributed by atoms with Crippen molar-refractivity contribution in [1.29, 1.82) is 0 Å². The van der Waals surface area contributed by atoms with Gasteiger partial charge >= 0.3 is 0 Å². The predicted octanol–water partition coefficient (Wildman–Crippen LogP) is 2.29. The van der Waals surface area contributed by atoms with Crippen molar-refractivity contribution in [2.24, 2.45) is 0 Å².